The molecule has 11 heteroatoms. The fourth-order valence-electron chi connectivity index (χ4n) is 2.21. The van der Waals surface area contributed by atoms with Gasteiger partial charge in [-0.3, -0.25) is 9.20 Å². The molecule has 0 spiro atoms. The summed E-state index contributed by atoms with van der Waals surface area (Å²) in [4.78, 5) is 28.9. The van der Waals surface area contributed by atoms with Crippen molar-refractivity contribution < 1.29 is 17.9 Å². The van der Waals surface area contributed by atoms with Crippen LogP contribution in [0.4, 0.5) is 0 Å². The molecule has 0 N–H and O–H groups in total. The minimum Gasteiger partial charge on any atom is -0.456 e. The van der Waals surface area contributed by atoms with Crippen LogP contribution in [0.25, 0.3) is 4.96 Å². The Hall–Kier alpha value is -2.27. The lowest BCUT2D eigenvalue weighted by atomic mass is 10.2. The third kappa shape index (κ3) is 3.88. The van der Waals surface area contributed by atoms with Gasteiger partial charge in [-0.25, -0.2) is 22.5 Å². The third-order valence-electron chi connectivity index (χ3n) is 3.64. The lowest BCUT2D eigenvalue weighted by Gasteiger charge is -2.13. The Balaban J connectivity index is 1.84. The zero-order valence-corrected chi connectivity index (χ0v) is 16.6. The number of esters is 1. The minimum atomic E-state index is -3.73. The van der Waals surface area contributed by atoms with Gasteiger partial charge in [-0.2, -0.15) is 0 Å². The molecule has 0 fully saturated rings. The van der Waals surface area contributed by atoms with Gasteiger partial charge in [-0.1, -0.05) is 11.6 Å². The summed E-state index contributed by atoms with van der Waals surface area (Å²) in [5, 5.41) is 1.77. The maximum Gasteiger partial charge on any atom is 0.340 e. The monoisotopic (exact) mass is 427 g/mol. The van der Waals surface area contributed by atoms with Crippen LogP contribution in [0.5, 0.6) is 0 Å². The highest BCUT2D eigenvalue weighted by molar-refractivity contribution is 7.89. The van der Waals surface area contributed by atoms with E-state index in [1.165, 1.54) is 48.0 Å². The molecule has 0 aliphatic rings. The molecule has 0 saturated carbocycles. The fraction of sp³-hybridized carbons (Fsp3) is 0.188. The maximum absolute atomic E-state index is 12.4. The number of carbonyl (C=O) groups excluding carboxylic acids is 1. The summed E-state index contributed by atoms with van der Waals surface area (Å²) >= 11 is 7.29. The average molecular weight is 428 g/mol. The normalized spacial score (nSPS) is 11.9. The van der Waals surface area contributed by atoms with E-state index in [0.717, 1.165) is 10.4 Å². The predicted molar refractivity (Wildman–Crippen MR) is 101 cm³/mol. The topological polar surface area (TPSA) is 98.0 Å². The van der Waals surface area contributed by atoms with E-state index in [-0.39, 0.29) is 33.3 Å². The highest BCUT2D eigenvalue weighted by atomic mass is 35.5. The number of hydrogen-bond donors (Lipinski definition) is 0. The van der Waals surface area contributed by atoms with Gasteiger partial charge in [0.15, 0.2) is 4.96 Å². The van der Waals surface area contributed by atoms with Gasteiger partial charge in [0.25, 0.3) is 5.56 Å². The molecule has 0 aliphatic carbocycles. The van der Waals surface area contributed by atoms with Crippen molar-refractivity contribution in [2.45, 2.75) is 11.5 Å². The van der Waals surface area contributed by atoms with Gasteiger partial charge in [-0.15, -0.1) is 11.3 Å². The predicted octanol–water partition coefficient (Wildman–Crippen LogP) is 2.02. The van der Waals surface area contributed by atoms with Crippen LogP contribution < -0.4 is 5.56 Å². The number of thiazole rings is 1. The molecule has 0 radical (unpaired) electrons. The number of halogens is 1. The van der Waals surface area contributed by atoms with Crippen molar-refractivity contribution >= 4 is 43.9 Å². The molecular formula is C16H14ClN3O5S2. The van der Waals surface area contributed by atoms with Gasteiger partial charge < -0.3 is 4.74 Å². The number of ether oxygens (including phenoxy) is 1. The zero-order valence-electron chi connectivity index (χ0n) is 14.2. The van der Waals surface area contributed by atoms with Crippen molar-refractivity contribution in [2.75, 3.05) is 14.1 Å². The molecular weight excluding hydrogens is 414 g/mol. The van der Waals surface area contributed by atoms with Crippen LogP contribution >= 0.6 is 22.9 Å². The van der Waals surface area contributed by atoms with Gasteiger partial charge in [0.1, 0.15) is 6.61 Å². The van der Waals surface area contributed by atoms with E-state index in [0.29, 0.717) is 4.96 Å². The highest BCUT2D eigenvalue weighted by Crippen LogP contribution is 2.23. The first-order valence-electron chi connectivity index (χ1n) is 7.55. The summed E-state index contributed by atoms with van der Waals surface area (Å²) in [6.45, 7) is -0.247. The Labute approximate surface area is 163 Å². The van der Waals surface area contributed by atoms with Crippen molar-refractivity contribution in [1.29, 1.82) is 0 Å². The van der Waals surface area contributed by atoms with Gasteiger partial charge >= 0.3 is 5.97 Å². The number of rotatable bonds is 5. The van der Waals surface area contributed by atoms with Crippen molar-refractivity contribution in [3.05, 3.63) is 62.5 Å². The quantitative estimate of drug-likeness (QED) is 0.578. The van der Waals surface area contributed by atoms with E-state index in [1.807, 2.05) is 0 Å². The summed E-state index contributed by atoms with van der Waals surface area (Å²) in [6.07, 6.45) is 1.60. The van der Waals surface area contributed by atoms with Gasteiger partial charge in [0, 0.05) is 31.7 Å². The first-order chi connectivity index (χ1) is 12.7. The van der Waals surface area contributed by atoms with E-state index < -0.39 is 16.0 Å². The molecule has 27 heavy (non-hydrogen) atoms. The highest BCUT2D eigenvalue weighted by Gasteiger charge is 2.21. The lowest BCUT2D eigenvalue weighted by molar-refractivity contribution is 0.0467. The molecule has 1 aromatic carbocycles. The SMILES string of the molecule is CN(C)S(=O)(=O)c1ccc(Cl)c(C(=O)OCc2cc(=O)n3ccsc3n2)c1. The third-order valence-corrected chi connectivity index (χ3v) is 6.54. The standard InChI is InChI=1S/C16H14ClN3O5S2/c1-19(2)27(23,24)11-3-4-13(17)12(8-11)15(22)25-9-10-7-14(21)20-5-6-26-16(20)18-10/h3-8H,9H2,1-2H3. The van der Waals surface area contributed by atoms with Gasteiger partial charge in [-0.05, 0) is 18.2 Å². The van der Waals surface area contributed by atoms with Crippen molar-refractivity contribution in [1.82, 2.24) is 13.7 Å². The number of carbonyl (C=O) groups is 1. The Morgan fingerprint density at radius 2 is 2.07 bits per heavy atom. The molecule has 8 nitrogen and oxygen atoms in total. The van der Waals surface area contributed by atoms with E-state index in [2.05, 4.69) is 4.98 Å². The molecule has 2 heterocycles. The van der Waals surface area contributed by atoms with Crippen LogP contribution in [-0.2, 0) is 21.4 Å². The summed E-state index contributed by atoms with van der Waals surface area (Å²) in [5.74, 6) is -0.816. The van der Waals surface area contributed by atoms with E-state index in [1.54, 1.807) is 11.6 Å². The molecule has 142 valence electrons. The molecule has 2 aromatic heterocycles. The average Bonchev–Trinajstić information content (AvgIpc) is 3.09. The van der Waals surface area contributed by atoms with Crippen LogP contribution in [0.3, 0.4) is 0 Å². The Morgan fingerprint density at radius 3 is 2.78 bits per heavy atom. The first kappa shape index (κ1) is 19.5. The van der Waals surface area contributed by atoms with Gasteiger partial charge in [0.05, 0.1) is 21.2 Å². The summed E-state index contributed by atoms with van der Waals surface area (Å²) < 4.78 is 32.0. The van der Waals surface area contributed by atoms with Crippen molar-refractivity contribution in [3.63, 3.8) is 0 Å². The number of sulfonamides is 1. The summed E-state index contributed by atoms with van der Waals surface area (Å²) in [7, 11) is -0.965. The first-order valence-corrected chi connectivity index (χ1v) is 10.2. The van der Waals surface area contributed by atoms with Crippen LogP contribution in [0.1, 0.15) is 16.1 Å². The van der Waals surface area contributed by atoms with Gasteiger partial charge in [0.2, 0.25) is 10.0 Å². The number of nitrogens with zero attached hydrogens (tertiary/aromatic N) is 3. The van der Waals surface area contributed by atoms with E-state index >= 15 is 0 Å². The number of hydrogen-bond acceptors (Lipinski definition) is 7. The molecule has 0 saturated heterocycles. The molecule has 0 unspecified atom stereocenters. The molecule has 0 amide bonds. The van der Waals surface area contributed by atoms with Crippen LogP contribution in [0, 0.1) is 0 Å². The van der Waals surface area contributed by atoms with Crippen molar-refractivity contribution in [2.24, 2.45) is 0 Å². The molecule has 0 bridgehead atoms. The second kappa shape index (κ2) is 7.39. The summed E-state index contributed by atoms with van der Waals surface area (Å²) in [6, 6.07) is 5.05. The molecule has 0 atom stereocenters. The van der Waals surface area contributed by atoms with Crippen LogP contribution in [0.15, 0.2) is 45.5 Å². The molecule has 3 aromatic rings. The Kier molecular flexibility index (Phi) is 5.33. The summed E-state index contributed by atoms with van der Waals surface area (Å²) in [5.41, 5.74) is -0.0955. The number of benzene rings is 1. The smallest absolute Gasteiger partial charge is 0.340 e. The Bertz CT molecular complexity index is 1180. The second-order valence-corrected chi connectivity index (χ2v) is 9.08. The largest absolute Gasteiger partial charge is 0.456 e. The molecule has 3 rings (SSSR count). The Morgan fingerprint density at radius 1 is 1.33 bits per heavy atom. The fourth-order valence-corrected chi connectivity index (χ4v) is 4.07. The number of fused-ring (bicyclic) bond motifs is 1. The zero-order chi connectivity index (χ0) is 19.8. The van der Waals surface area contributed by atoms with E-state index in [4.69, 9.17) is 16.3 Å². The van der Waals surface area contributed by atoms with Crippen LogP contribution in [0.2, 0.25) is 5.02 Å². The number of aromatic nitrogens is 2. The maximum atomic E-state index is 12.4. The second-order valence-electron chi connectivity index (χ2n) is 5.65. The minimum absolute atomic E-state index is 0.0550. The molecule has 0 aliphatic heterocycles. The lowest BCUT2D eigenvalue weighted by Crippen LogP contribution is -2.22. The van der Waals surface area contributed by atoms with Crippen LogP contribution in [-0.4, -0.2) is 42.2 Å². The van der Waals surface area contributed by atoms with Crippen molar-refractivity contribution in [3.8, 4) is 0 Å². The van der Waals surface area contributed by atoms with E-state index in [9.17, 15) is 18.0 Å².